The van der Waals surface area contributed by atoms with E-state index in [-0.39, 0.29) is 30.6 Å². The summed E-state index contributed by atoms with van der Waals surface area (Å²) < 4.78 is 12.9. The summed E-state index contributed by atoms with van der Waals surface area (Å²) in [5.74, 6) is -0.354. The highest BCUT2D eigenvalue weighted by Gasteiger charge is 2.28. The molecule has 0 aromatic heterocycles. The van der Waals surface area contributed by atoms with Gasteiger partial charge in [0.2, 0.25) is 12.0 Å². The lowest BCUT2D eigenvalue weighted by Gasteiger charge is -2.10. The molecule has 1 aromatic carbocycles. The van der Waals surface area contributed by atoms with Gasteiger partial charge in [0, 0.05) is 25.9 Å². The van der Waals surface area contributed by atoms with Crippen LogP contribution >= 0.6 is 0 Å². The van der Waals surface area contributed by atoms with Crippen molar-refractivity contribution < 1.29 is 18.8 Å². The Kier molecular flexibility index (Phi) is 6.28. The van der Waals surface area contributed by atoms with Crippen LogP contribution in [0.1, 0.15) is 32.3 Å². The van der Waals surface area contributed by atoms with E-state index in [2.05, 4.69) is 15.8 Å². The number of halogens is 1. The lowest BCUT2D eigenvalue weighted by atomic mass is 10.0. The number of nitrogens with zero attached hydrogens (tertiary/aromatic N) is 1. The zero-order chi connectivity index (χ0) is 17.5. The third-order valence-electron chi connectivity index (χ3n) is 3.50. The predicted octanol–water partition coefficient (Wildman–Crippen LogP) is 1.60. The van der Waals surface area contributed by atoms with Crippen LogP contribution in [0.5, 0.6) is 0 Å². The minimum Gasteiger partial charge on any atom is -0.382 e. The normalized spacial score (nSPS) is 16.5. The van der Waals surface area contributed by atoms with Gasteiger partial charge in [-0.15, -0.1) is 0 Å². The van der Waals surface area contributed by atoms with Gasteiger partial charge in [-0.05, 0) is 23.6 Å². The van der Waals surface area contributed by atoms with Crippen molar-refractivity contribution in [3.8, 4) is 0 Å². The SMILES string of the molecule is CC(C)CNC(=O)CCNC(=O)[C@@H]1CC(c2ccc(F)cc2)=NO1. The molecule has 6 nitrogen and oxygen atoms in total. The van der Waals surface area contributed by atoms with E-state index in [0.717, 1.165) is 5.56 Å². The average Bonchev–Trinajstić information content (AvgIpc) is 3.03. The average molecular weight is 335 g/mol. The van der Waals surface area contributed by atoms with Gasteiger partial charge >= 0.3 is 0 Å². The van der Waals surface area contributed by atoms with Crippen molar-refractivity contribution in [1.82, 2.24) is 10.6 Å². The van der Waals surface area contributed by atoms with Gasteiger partial charge in [0.25, 0.3) is 5.91 Å². The number of carbonyl (C=O) groups excluding carboxylic acids is 2. The van der Waals surface area contributed by atoms with Gasteiger partial charge in [-0.25, -0.2) is 4.39 Å². The molecule has 0 saturated heterocycles. The van der Waals surface area contributed by atoms with Crippen molar-refractivity contribution in [1.29, 1.82) is 0 Å². The largest absolute Gasteiger partial charge is 0.382 e. The highest BCUT2D eigenvalue weighted by atomic mass is 19.1. The van der Waals surface area contributed by atoms with E-state index in [1.165, 1.54) is 12.1 Å². The Morgan fingerprint density at radius 1 is 1.29 bits per heavy atom. The van der Waals surface area contributed by atoms with Crippen LogP contribution in [0, 0.1) is 11.7 Å². The molecular weight excluding hydrogens is 313 g/mol. The summed E-state index contributed by atoms with van der Waals surface area (Å²) in [7, 11) is 0. The molecule has 1 aromatic rings. The van der Waals surface area contributed by atoms with Gasteiger partial charge in [-0.2, -0.15) is 0 Å². The number of amides is 2. The summed E-state index contributed by atoms with van der Waals surface area (Å²) in [5, 5.41) is 9.33. The molecule has 0 saturated carbocycles. The molecule has 0 radical (unpaired) electrons. The molecule has 2 N–H and O–H groups in total. The molecule has 0 fully saturated rings. The molecule has 1 aliphatic rings. The topological polar surface area (TPSA) is 79.8 Å². The Bertz CT molecular complexity index is 614. The minimum absolute atomic E-state index is 0.0976. The number of nitrogens with one attached hydrogen (secondary N) is 2. The molecule has 1 heterocycles. The zero-order valence-electron chi connectivity index (χ0n) is 13.8. The van der Waals surface area contributed by atoms with Crippen LogP contribution in [-0.4, -0.2) is 36.7 Å². The van der Waals surface area contributed by atoms with Crippen LogP contribution < -0.4 is 10.6 Å². The molecule has 0 aliphatic carbocycles. The highest BCUT2D eigenvalue weighted by molar-refractivity contribution is 6.04. The second-order valence-corrected chi connectivity index (χ2v) is 6.08. The Balaban J connectivity index is 1.71. The van der Waals surface area contributed by atoms with Gasteiger partial charge in [0.15, 0.2) is 0 Å². The van der Waals surface area contributed by atoms with Crippen molar-refractivity contribution >= 4 is 17.5 Å². The molecule has 2 amide bonds. The molecule has 24 heavy (non-hydrogen) atoms. The van der Waals surface area contributed by atoms with E-state index in [4.69, 9.17) is 4.84 Å². The molecule has 2 rings (SSSR count). The van der Waals surface area contributed by atoms with E-state index in [9.17, 15) is 14.0 Å². The fourth-order valence-corrected chi connectivity index (χ4v) is 2.15. The summed E-state index contributed by atoms with van der Waals surface area (Å²) >= 11 is 0. The van der Waals surface area contributed by atoms with Crippen LogP contribution in [0.15, 0.2) is 29.4 Å². The van der Waals surface area contributed by atoms with Crippen LogP contribution in [0.3, 0.4) is 0 Å². The van der Waals surface area contributed by atoms with Gasteiger partial charge in [0.05, 0.1) is 5.71 Å². The summed E-state index contributed by atoms with van der Waals surface area (Å²) in [6.45, 7) is 4.89. The molecule has 1 atom stereocenters. The maximum atomic E-state index is 12.9. The second kappa shape index (κ2) is 8.42. The Hall–Kier alpha value is -2.44. The monoisotopic (exact) mass is 335 g/mol. The van der Waals surface area contributed by atoms with E-state index in [1.807, 2.05) is 13.8 Å². The fourth-order valence-electron chi connectivity index (χ4n) is 2.15. The van der Waals surface area contributed by atoms with Gasteiger partial charge in [-0.1, -0.05) is 31.1 Å². The van der Waals surface area contributed by atoms with Crippen LogP contribution in [0.25, 0.3) is 0 Å². The predicted molar refractivity (Wildman–Crippen MR) is 87.9 cm³/mol. The lowest BCUT2D eigenvalue weighted by Crippen LogP contribution is -2.37. The number of oxime groups is 1. The second-order valence-electron chi connectivity index (χ2n) is 6.08. The molecule has 130 valence electrons. The standard InChI is InChI=1S/C17H22FN3O3/c1-11(2)10-20-16(22)7-8-19-17(23)15-9-14(21-24-15)12-3-5-13(18)6-4-12/h3-6,11,15H,7-10H2,1-2H3,(H,19,23)(H,20,22)/t15-/m0/s1. The smallest absolute Gasteiger partial charge is 0.264 e. The van der Waals surface area contributed by atoms with E-state index < -0.39 is 6.10 Å². The van der Waals surface area contributed by atoms with Crippen molar-refractivity contribution in [3.05, 3.63) is 35.6 Å². The zero-order valence-corrected chi connectivity index (χ0v) is 13.8. The summed E-state index contributed by atoms with van der Waals surface area (Å²) in [4.78, 5) is 28.7. The number of benzene rings is 1. The van der Waals surface area contributed by atoms with Crippen LogP contribution in [0.4, 0.5) is 4.39 Å². The third kappa shape index (κ3) is 5.33. The Morgan fingerprint density at radius 3 is 2.67 bits per heavy atom. The summed E-state index contributed by atoms with van der Waals surface area (Å²) in [6, 6.07) is 5.86. The fraction of sp³-hybridized carbons (Fsp3) is 0.471. The first kappa shape index (κ1) is 17.9. The summed E-state index contributed by atoms with van der Waals surface area (Å²) in [6.07, 6.45) is -0.183. The molecule has 0 bridgehead atoms. The number of hydrogen-bond donors (Lipinski definition) is 2. The first-order valence-corrected chi connectivity index (χ1v) is 7.98. The Labute approximate surface area is 140 Å². The summed E-state index contributed by atoms with van der Waals surface area (Å²) in [5.41, 5.74) is 1.32. The third-order valence-corrected chi connectivity index (χ3v) is 3.50. The number of hydrogen-bond acceptors (Lipinski definition) is 4. The molecule has 0 unspecified atom stereocenters. The molecule has 0 spiro atoms. The molecular formula is C17H22FN3O3. The number of carbonyl (C=O) groups is 2. The molecule has 1 aliphatic heterocycles. The maximum Gasteiger partial charge on any atom is 0.264 e. The Morgan fingerprint density at radius 2 is 2.00 bits per heavy atom. The van der Waals surface area contributed by atoms with Crippen molar-refractivity contribution in [2.24, 2.45) is 11.1 Å². The van der Waals surface area contributed by atoms with Crippen LogP contribution in [-0.2, 0) is 14.4 Å². The van der Waals surface area contributed by atoms with Crippen molar-refractivity contribution in [3.63, 3.8) is 0 Å². The van der Waals surface area contributed by atoms with E-state index in [1.54, 1.807) is 12.1 Å². The first-order valence-electron chi connectivity index (χ1n) is 7.98. The lowest BCUT2D eigenvalue weighted by molar-refractivity contribution is -0.131. The first-order chi connectivity index (χ1) is 11.5. The quantitative estimate of drug-likeness (QED) is 0.794. The van der Waals surface area contributed by atoms with E-state index >= 15 is 0 Å². The van der Waals surface area contributed by atoms with Crippen molar-refractivity contribution in [2.45, 2.75) is 32.8 Å². The van der Waals surface area contributed by atoms with E-state index in [0.29, 0.717) is 24.6 Å². The van der Waals surface area contributed by atoms with Gasteiger partial charge in [-0.3, -0.25) is 9.59 Å². The molecule has 7 heteroatoms. The minimum atomic E-state index is -0.719. The highest BCUT2D eigenvalue weighted by Crippen LogP contribution is 2.17. The van der Waals surface area contributed by atoms with Crippen LogP contribution in [0.2, 0.25) is 0 Å². The van der Waals surface area contributed by atoms with Gasteiger partial charge in [0.1, 0.15) is 5.82 Å². The van der Waals surface area contributed by atoms with Crippen molar-refractivity contribution in [2.75, 3.05) is 13.1 Å². The maximum absolute atomic E-state index is 12.9. The number of rotatable bonds is 7. The van der Waals surface area contributed by atoms with Gasteiger partial charge < -0.3 is 15.5 Å².